The molecule has 0 unspecified atom stereocenters. The first-order valence-corrected chi connectivity index (χ1v) is 13.6. The van der Waals surface area contributed by atoms with E-state index in [1.54, 1.807) is 12.1 Å². The fraction of sp³-hybridized carbons (Fsp3) is 0.400. The van der Waals surface area contributed by atoms with Crippen LogP contribution in [0.2, 0.25) is 0 Å². The average Bonchev–Trinajstić information content (AvgIpc) is 3.33. The quantitative estimate of drug-likeness (QED) is 0.339. The maximum atomic E-state index is 13.8. The molecule has 0 aromatic heterocycles. The predicted molar refractivity (Wildman–Crippen MR) is 141 cm³/mol. The molecule has 2 saturated heterocycles. The monoisotopic (exact) mass is 560 g/mol. The van der Waals surface area contributed by atoms with Crippen LogP contribution in [0.4, 0.5) is 0 Å². The number of carbonyl (C=O) groups is 6. The van der Waals surface area contributed by atoms with Gasteiger partial charge in [0.25, 0.3) is 0 Å². The zero-order valence-electron chi connectivity index (χ0n) is 21.9. The second kappa shape index (κ2) is 9.83. The maximum absolute atomic E-state index is 13.8. The number of carboxylic acid groups (broad SMARTS) is 2. The van der Waals surface area contributed by atoms with E-state index in [9.17, 15) is 39.0 Å². The van der Waals surface area contributed by atoms with E-state index in [1.165, 1.54) is 6.07 Å². The number of nitrogens with zero attached hydrogens (tertiary/aromatic N) is 2. The Morgan fingerprint density at radius 3 is 2.02 bits per heavy atom. The van der Waals surface area contributed by atoms with Gasteiger partial charge in [-0.05, 0) is 35.6 Å². The van der Waals surface area contributed by atoms with Crippen molar-refractivity contribution in [2.45, 2.75) is 31.6 Å². The van der Waals surface area contributed by atoms with E-state index < -0.39 is 77.5 Å². The van der Waals surface area contributed by atoms with Crippen molar-refractivity contribution in [3.05, 3.63) is 53.6 Å². The van der Waals surface area contributed by atoms with Crippen molar-refractivity contribution in [2.75, 3.05) is 13.1 Å². The van der Waals surface area contributed by atoms with Gasteiger partial charge in [-0.3, -0.25) is 38.6 Å². The standard InChI is InChI=1S/C30H28N2O9/c33-20-8-5-14-3-1-2-4-15(14)24(20)25-16-6-7-17-23(29(40)31(27(17)38)11-9-21(34)35)18(16)13-19-26(25)30(41)32(28(19)39)12-10-22(36)37/h1-6,8,17-19,23,25-26,33H,7,9-13H2,(H,34,35)(H,36,37)/t17-,18+,19+,23-,25+,26+/m0/s1. The summed E-state index contributed by atoms with van der Waals surface area (Å²) in [6, 6.07) is 10.6. The molecule has 2 aliphatic heterocycles. The first kappa shape index (κ1) is 26.7. The molecule has 0 radical (unpaired) electrons. The molecule has 41 heavy (non-hydrogen) atoms. The molecule has 4 aliphatic rings. The third-order valence-electron chi connectivity index (χ3n) is 9.19. The van der Waals surface area contributed by atoms with Crippen LogP contribution in [0, 0.1) is 29.6 Å². The highest BCUT2D eigenvalue weighted by atomic mass is 16.4. The molecule has 11 nitrogen and oxygen atoms in total. The Labute approximate surface area is 234 Å². The first-order chi connectivity index (χ1) is 19.6. The molecule has 0 bridgehead atoms. The van der Waals surface area contributed by atoms with Gasteiger partial charge in [-0.15, -0.1) is 0 Å². The summed E-state index contributed by atoms with van der Waals surface area (Å²) in [5.41, 5.74) is 1.15. The van der Waals surface area contributed by atoms with Gasteiger partial charge < -0.3 is 15.3 Å². The number of amides is 4. The van der Waals surface area contributed by atoms with Crippen molar-refractivity contribution < 1.29 is 44.1 Å². The van der Waals surface area contributed by atoms with Gasteiger partial charge in [0.05, 0.1) is 36.5 Å². The number of fused-ring (bicyclic) bond motifs is 5. The molecule has 212 valence electrons. The number of rotatable bonds is 7. The summed E-state index contributed by atoms with van der Waals surface area (Å²) in [6.45, 7) is -0.535. The predicted octanol–water partition coefficient (Wildman–Crippen LogP) is 2.13. The molecular formula is C30H28N2O9. The van der Waals surface area contributed by atoms with Crippen molar-refractivity contribution >= 4 is 46.3 Å². The number of aromatic hydroxyl groups is 1. The fourth-order valence-electron chi connectivity index (χ4n) is 7.51. The third kappa shape index (κ3) is 4.10. The molecule has 6 atom stereocenters. The number of likely N-dealkylation sites (tertiary alicyclic amines) is 2. The molecule has 2 aliphatic carbocycles. The Kier molecular flexibility index (Phi) is 6.39. The van der Waals surface area contributed by atoms with Crippen LogP contribution in [0.3, 0.4) is 0 Å². The molecule has 2 aromatic rings. The summed E-state index contributed by atoms with van der Waals surface area (Å²) >= 11 is 0. The summed E-state index contributed by atoms with van der Waals surface area (Å²) in [5.74, 6) is -9.04. The van der Waals surface area contributed by atoms with E-state index >= 15 is 0 Å². The number of phenols is 1. The van der Waals surface area contributed by atoms with Crippen LogP contribution in [-0.4, -0.2) is 73.8 Å². The van der Waals surface area contributed by atoms with E-state index in [0.717, 1.165) is 15.2 Å². The van der Waals surface area contributed by atoms with Gasteiger partial charge >= 0.3 is 11.9 Å². The number of benzene rings is 2. The van der Waals surface area contributed by atoms with Gasteiger partial charge in [-0.1, -0.05) is 42.0 Å². The zero-order chi connectivity index (χ0) is 29.2. The third-order valence-corrected chi connectivity index (χ3v) is 9.19. The highest BCUT2D eigenvalue weighted by Crippen LogP contribution is 2.59. The molecular weight excluding hydrogens is 532 g/mol. The lowest BCUT2D eigenvalue weighted by atomic mass is 9.56. The highest BCUT2D eigenvalue weighted by Gasteiger charge is 2.62. The molecule has 0 spiro atoms. The minimum Gasteiger partial charge on any atom is -0.508 e. The van der Waals surface area contributed by atoms with Crippen LogP contribution in [0.15, 0.2) is 48.0 Å². The molecule has 6 rings (SSSR count). The number of phenolic OH excluding ortho intramolecular Hbond substituents is 1. The van der Waals surface area contributed by atoms with Crippen LogP contribution >= 0.6 is 0 Å². The van der Waals surface area contributed by atoms with Crippen LogP contribution in [0.5, 0.6) is 5.75 Å². The lowest BCUT2D eigenvalue weighted by molar-refractivity contribution is -0.145. The van der Waals surface area contributed by atoms with E-state index in [-0.39, 0.29) is 38.1 Å². The van der Waals surface area contributed by atoms with Crippen LogP contribution in [0.1, 0.15) is 37.2 Å². The zero-order valence-corrected chi connectivity index (χ0v) is 21.9. The van der Waals surface area contributed by atoms with Crippen LogP contribution in [-0.2, 0) is 28.8 Å². The van der Waals surface area contributed by atoms with Crippen molar-refractivity contribution in [1.29, 1.82) is 0 Å². The Balaban J connectivity index is 1.48. The Bertz CT molecular complexity index is 1560. The number of carbonyl (C=O) groups excluding carboxylic acids is 4. The molecule has 11 heteroatoms. The molecule has 2 heterocycles. The van der Waals surface area contributed by atoms with Gasteiger partial charge in [-0.25, -0.2) is 0 Å². The molecule has 4 amide bonds. The molecule has 2 aromatic carbocycles. The largest absolute Gasteiger partial charge is 0.508 e. The fourth-order valence-corrected chi connectivity index (χ4v) is 7.51. The smallest absolute Gasteiger partial charge is 0.305 e. The van der Waals surface area contributed by atoms with E-state index in [0.29, 0.717) is 16.5 Å². The van der Waals surface area contributed by atoms with E-state index in [4.69, 9.17) is 5.11 Å². The molecule has 3 N–H and O–H groups in total. The second-order valence-electron chi connectivity index (χ2n) is 11.2. The Hall–Kier alpha value is -4.54. The summed E-state index contributed by atoms with van der Waals surface area (Å²) in [6.07, 6.45) is 1.36. The summed E-state index contributed by atoms with van der Waals surface area (Å²) in [7, 11) is 0. The van der Waals surface area contributed by atoms with Crippen molar-refractivity contribution in [1.82, 2.24) is 9.80 Å². The van der Waals surface area contributed by atoms with Gasteiger partial charge in [0.15, 0.2) is 0 Å². The summed E-state index contributed by atoms with van der Waals surface area (Å²) < 4.78 is 0. The topological polar surface area (TPSA) is 170 Å². The number of allylic oxidation sites excluding steroid dienone is 2. The average molecular weight is 561 g/mol. The minimum absolute atomic E-state index is 0.0720. The SMILES string of the molecule is O=C(O)CCN1C(=O)[C@H]2[C@H](CC=C3[C@H]2C[C@H]2C(=O)N(CCC(=O)O)C(=O)[C@H]2[C@H]3c2c(O)ccc3ccccc23)C1=O. The van der Waals surface area contributed by atoms with Gasteiger partial charge in [-0.2, -0.15) is 0 Å². The van der Waals surface area contributed by atoms with Crippen molar-refractivity contribution in [2.24, 2.45) is 29.6 Å². The molecule has 1 saturated carbocycles. The Morgan fingerprint density at radius 1 is 0.756 bits per heavy atom. The number of imide groups is 2. The maximum Gasteiger partial charge on any atom is 0.305 e. The highest BCUT2D eigenvalue weighted by molar-refractivity contribution is 6.08. The summed E-state index contributed by atoms with van der Waals surface area (Å²) in [5, 5.41) is 31.0. The Morgan fingerprint density at radius 2 is 1.37 bits per heavy atom. The van der Waals surface area contributed by atoms with Crippen molar-refractivity contribution in [3.8, 4) is 5.75 Å². The minimum atomic E-state index is -1.15. The number of hydrogen-bond donors (Lipinski definition) is 3. The normalized spacial score (nSPS) is 28.9. The number of carboxylic acids is 2. The van der Waals surface area contributed by atoms with Crippen LogP contribution < -0.4 is 0 Å². The van der Waals surface area contributed by atoms with Gasteiger partial charge in [0.2, 0.25) is 23.6 Å². The summed E-state index contributed by atoms with van der Waals surface area (Å²) in [4.78, 5) is 78.8. The number of aliphatic carboxylic acids is 2. The van der Waals surface area contributed by atoms with Crippen molar-refractivity contribution in [3.63, 3.8) is 0 Å². The van der Waals surface area contributed by atoms with E-state index in [1.807, 2.05) is 24.3 Å². The molecule has 3 fully saturated rings. The lowest BCUT2D eigenvalue weighted by Crippen LogP contribution is -2.43. The van der Waals surface area contributed by atoms with Gasteiger partial charge in [0, 0.05) is 24.6 Å². The van der Waals surface area contributed by atoms with Crippen LogP contribution in [0.25, 0.3) is 10.8 Å². The second-order valence-corrected chi connectivity index (χ2v) is 11.2. The first-order valence-electron chi connectivity index (χ1n) is 13.6. The van der Waals surface area contributed by atoms with Gasteiger partial charge in [0.1, 0.15) is 5.75 Å². The lowest BCUT2D eigenvalue weighted by Gasteiger charge is -2.44. The number of hydrogen-bond acceptors (Lipinski definition) is 7. The van der Waals surface area contributed by atoms with E-state index in [2.05, 4.69) is 0 Å².